The quantitative estimate of drug-likeness (QED) is 0.897. The maximum atomic E-state index is 4.48. The van der Waals surface area contributed by atoms with Crippen LogP contribution in [0, 0.1) is 6.92 Å². The van der Waals surface area contributed by atoms with E-state index < -0.39 is 0 Å². The highest BCUT2D eigenvalue weighted by Gasteiger charge is 2.28. The lowest BCUT2D eigenvalue weighted by Crippen LogP contribution is -2.23. The summed E-state index contributed by atoms with van der Waals surface area (Å²) in [5, 5.41) is 4.23. The van der Waals surface area contributed by atoms with Gasteiger partial charge in [0.05, 0.1) is 12.2 Å². The van der Waals surface area contributed by atoms with E-state index in [9.17, 15) is 0 Å². The monoisotopic (exact) mass is 245 g/mol. The molecule has 3 heterocycles. The van der Waals surface area contributed by atoms with Crippen LogP contribution < -0.4 is 0 Å². The molecule has 0 unspecified atom stereocenters. The lowest BCUT2D eigenvalue weighted by Gasteiger charge is -2.22. The molecule has 18 heavy (non-hydrogen) atoms. The van der Waals surface area contributed by atoms with E-state index in [2.05, 4.69) is 33.1 Å². The molecule has 0 radical (unpaired) electrons. The Balaban J connectivity index is 1.75. The van der Waals surface area contributed by atoms with Gasteiger partial charge in [-0.1, -0.05) is 0 Å². The molecular weight excluding hydrogens is 226 g/mol. The number of imidazole rings is 1. The van der Waals surface area contributed by atoms with Crippen LogP contribution >= 0.6 is 0 Å². The van der Waals surface area contributed by atoms with Crippen molar-refractivity contribution in [2.45, 2.75) is 32.4 Å². The van der Waals surface area contributed by atoms with Gasteiger partial charge < -0.3 is 4.98 Å². The van der Waals surface area contributed by atoms with Gasteiger partial charge >= 0.3 is 0 Å². The van der Waals surface area contributed by atoms with Crippen LogP contribution in [0.15, 0.2) is 18.6 Å². The lowest BCUT2D eigenvalue weighted by molar-refractivity contribution is 0.240. The van der Waals surface area contributed by atoms with Crippen molar-refractivity contribution in [1.82, 2.24) is 24.6 Å². The summed E-state index contributed by atoms with van der Waals surface area (Å²) < 4.78 is 1.86. The third-order valence-corrected chi connectivity index (χ3v) is 3.55. The fourth-order valence-corrected chi connectivity index (χ4v) is 2.72. The van der Waals surface area contributed by atoms with Gasteiger partial charge in [-0.05, 0) is 26.3 Å². The second kappa shape index (κ2) is 4.57. The van der Waals surface area contributed by atoms with E-state index >= 15 is 0 Å². The Morgan fingerprint density at radius 1 is 1.44 bits per heavy atom. The number of aromatic nitrogens is 4. The Hall–Kier alpha value is -1.62. The first-order valence-corrected chi connectivity index (χ1v) is 6.45. The molecule has 1 saturated heterocycles. The van der Waals surface area contributed by atoms with Crippen LogP contribution in [0.1, 0.15) is 36.0 Å². The van der Waals surface area contributed by atoms with Gasteiger partial charge in [-0.3, -0.25) is 9.58 Å². The van der Waals surface area contributed by atoms with Gasteiger partial charge in [0.2, 0.25) is 0 Å². The molecule has 2 aromatic heterocycles. The highest BCUT2D eigenvalue weighted by molar-refractivity contribution is 5.08. The zero-order valence-corrected chi connectivity index (χ0v) is 10.9. The van der Waals surface area contributed by atoms with Crippen LogP contribution in [0.3, 0.4) is 0 Å². The topological polar surface area (TPSA) is 49.7 Å². The molecule has 1 aliphatic rings. The summed E-state index contributed by atoms with van der Waals surface area (Å²) >= 11 is 0. The molecule has 1 fully saturated rings. The number of H-pyrrole nitrogens is 1. The van der Waals surface area contributed by atoms with Crippen molar-refractivity contribution in [3.63, 3.8) is 0 Å². The number of hydrogen-bond donors (Lipinski definition) is 1. The van der Waals surface area contributed by atoms with E-state index in [1.165, 1.54) is 18.4 Å². The SMILES string of the molecule is Cc1cnc([C@@H]2CCCN2Cc2cnn(C)c2)[nH]1. The molecular formula is C13H19N5. The molecule has 0 spiro atoms. The van der Waals surface area contributed by atoms with Gasteiger partial charge in [0.15, 0.2) is 0 Å². The molecule has 1 aliphatic heterocycles. The zero-order valence-electron chi connectivity index (χ0n) is 10.9. The van der Waals surface area contributed by atoms with E-state index in [0.717, 1.165) is 24.6 Å². The summed E-state index contributed by atoms with van der Waals surface area (Å²) in [6.07, 6.45) is 8.37. The number of aromatic amines is 1. The fraction of sp³-hybridized carbons (Fsp3) is 0.538. The van der Waals surface area contributed by atoms with Crippen molar-refractivity contribution >= 4 is 0 Å². The van der Waals surface area contributed by atoms with Gasteiger partial charge in [-0.25, -0.2) is 4.98 Å². The molecule has 0 saturated carbocycles. The number of hydrogen-bond acceptors (Lipinski definition) is 3. The Kier molecular flexibility index (Phi) is 2.91. The Morgan fingerprint density at radius 2 is 2.33 bits per heavy atom. The van der Waals surface area contributed by atoms with Crippen LogP contribution in [0.5, 0.6) is 0 Å². The molecule has 0 aromatic carbocycles. The van der Waals surface area contributed by atoms with Gasteiger partial charge in [0.25, 0.3) is 0 Å². The second-order valence-corrected chi connectivity index (χ2v) is 5.10. The predicted octanol–water partition coefficient (Wildman–Crippen LogP) is 1.79. The van der Waals surface area contributed by atoms with Crippen LogP contribution in [0.25, 0.3) is 0 Å². The molecule has 2 aromatic rings. The first-order valence-electron chi connectivity index (χ1n) is 6.45. The summed E-state index contributed by atoms with van der Waals surface area (Å²) in [5.74, 6) is 1.11. The molecule has 5 nitrogen and oxygen atoms in total. The minimum absolute atomic E-state index is 0.430. The minimum atomic E-state index is 0.430. The lowest BCUT2D eigenvalue weighted by atomic mass is 10.2. The molecule has 0 amide bonds. The van der Waals surface area contributed by atoms with Crippen molar-refractivity contribution in [2.24, 2.45) is 7.05 Å². The smallest absolute Gasteiger partial charge is 0.123 e. The van der Waals surface area contributed by atoms with Crippen LogP contribution in [-0.2, 0) is 13.6 Å². The number of nitrogens with zero attached hydrogens (tertiary/aromatic N) is 4. The van der Waals surface area contributed by atoms with Crippen LogP contribution in [-0.4, -0.2) is 31.2 Å². The van der Waals surface area contributed by atoms with Crippen molar-refractivity contribution < 1.29 is 0 Å². The Bertz CT molecular complexity index is 527. The van der Waals surface area contributed by atoms with E-state index in [1.54, 1.807) is 0 Å². The first-order chi connectivity index (χ1) is 8.72. The molecule has 1 atom stereocenters. The Labute approximate surface area is 107 Å². The molecule has 3 rings (SSSR count). The fourth-order valence-electron chi connectivity index (χ4n) is 2.72. The normalized spacial score (nSPS) is 20.7. The number of aryl methyl sites for hydroxylation is 2. The average Bonchev–Trinajstić information content (AvgIpc) is 3.01. The standard InChI is InChI=1S/C13H19N5/c1-10-6-14-13(16-10)12-4-3-5-18(12)9-11-7-15-17(2)8-11/h6-8,12H,3-5,9H2,1-2H3,(H,14,16)/t12-/m0/s1. The van der Waals surface area contributed by atoms with Crippen LogP contribution in [0.4, 0.5) is 0 Å². The zero-order chi connectivity index (χ0) is 12.5. The second-order valence-electron chi connectivity index (χ2n) is 5.10. The largest absolute Gasteiger partial charge is 0.345 e. The first kappa shape index (κ1) is 11.5. The van der Waals surface area contributed by atoms with Crippen LogP contribution in [0.2, 0.25) is 0 Å². The van der Waals surface area contributed by atoms with Crippen molar-refractivity contribution in [3.8, 4) is 0 Å². The van der Waals surface area contributed by atoms with Crippen molar-refractivity contribution in [1.29, 1.82) is 0 Å². The van der Waals surface area contributed by atoms with E-state index in [1.807, 2.05) is 24.1 Å². The molecule has 1 N–H and O–H groups in total. The van der Waals surface area contributed by atoms with Crippen molar-refractivity contribution in [2.75, 3.05) is 6.54 Å². The number of nitrogens with one attached hydrogen (secondary N) is 1. The van der Waals surface area contributed by atoms with E-state index in [-0.39, 0.29) is 0 Å². The number of rotatable bonds is 3. The molecule has 5 heteroatoms. The summed E-state index contributed by atoms with van der Waals surface area (Å²) in [4.78, 5) is 10.3. The van der Waals surface area contributed by atoms with Gasteiger partial charge in [-0.15, -0.1) is 0 Å². The summed E-state index contributed by atoms with van der Waals surface area (Å²) in [5.41, 5.74) is 2.41. The summed E-state index contributed by atoms with van der Waals surface area (Å²) in [6.45, 7) is 4.15. The summed E-state index contributed by atoms with van der Waals surface area (Å²) in [6, 6.07) is 0.430. The van der Waals surface area contributed by atoms with E-state index in [4.69, 9.17) is 0 Å². The highest BCUT2D eigenvalue weighted by atomic mass is 15.3. The number of likely N-dealkylation sites (tertiary alicyclic amines) is 1. The molecule has 96 valence electrons. The average molecular weight is 245 g/mol. The van der Waals surface area contributed by atoms with Crippen molar-refractivity contribution in [3.05, 3.63) is 35.7 Å². The summed E-state index contributed by atoms with van der Waals surface area (Å²) in [7, 11) is 1.96. The Morgan fingerprint density at radius 3 is 3.00 bits per heavy atom. The third kappa shape index (κ3) is 2.18. The van der Waals surface area contributed by atoms with E-state index in [0.29, 0.717) is 6.04 Å². The van der Waals surface area contributed by atoms with Gasteiger partial charge in [-0.2, -0.15) is 5.10 Å². The minimum Gasteiger partial charge on any atom is -0.345 e. The maximum Gasteiger partial charge on any atom is 0.123 e. The molecule has 0 bridgehead atoms. The molecule has 0 aliphatic carbocycles. The van der Waals surface area contributed by atoms with Gasteiger partial charge in [0.1, 0.15) is 5.82 Å². The predicted molar refractivity (Wildman–Crippen MR) is 68.9 cm³/mol. The maximum absolute atomic E-state index is 4.48. The third-order valence-electron chi connectivity index (χ3n) is 3.55. The van der Waals surface area contributed by atoms with Gasteiger partial charge in [0, 0.05) is 37.2 Å². The highest BCUT2D eigenvalue weighted by Crippen LogP contribution is 2.31.